The Bertz CT molecular complexity index is 784. The van der Waals surface area contributed by atoms with Crippen LogP contribution in [-0.2, 0) is 0 Å². The van der Waals surface area contributed by atoms with E-state index in [4.69, 9.17) is 4.74 Å². The van der Waals surface area contributed by atoms with Crippen molar-refractivity contribution in [2.45, 2.75) is 38.8 Å². The van der Waals surface area contributed by atoms with Gasteiger partial charge in [0.05, 0.1) is 6.54 Å². The number of piperidine rings is 1. The first-order chi connectivity index (χ1) is 14.1. The van der Waals surface area contributed by atoms with Crippen LogP contribution in [-0.4, -0.2) is 49.3 Å². The predicted molar refractivity (Wildman–Crippen MR) is 130 cm³/mol. The van der Waals surface area contributed by atoms with E-state index in [1.807, 2.05) is 32.2 Å². The molecular formula is C22H31FIN5O. The Labute approximate surface area is 195 Å². The summed E-state index contributed by atoms with van der Waals surface area (Å²) in [5.41, 5.74) is 0. The van der Waals surface area contributed by atoms with Crippen molar-refractivity contribution >= 4 is 35.8 Å². The molecule has 1 aliphatic heterocycles. The second-order valence-corrected chi connectivity index (χ2v) is 7.20. The summed E-state index contributed by atoms with van der Waals surface area (Å²) in [6, 6.07) is 12.6. The van der Waals surface area contributed by atoms with Crippen LogP contribution in [0.25, 0.3) is 0 Å². The van der Waals surface area contributed by atoms with Gasteiger partial charge in [-0.2, -0.15) is 0 Å². The number of rotatable bonds is 7. The number of nitrogens with zero attached hydrogens (tertiary/aromatic N) is 3. The topological polar surface area (TPSA) is 61.8 Å². The van der Waals surface area contributed by atoms with Crippen molar-refractivity contribution in [3.8, 4) is 5.75 Å². The molecule has 0 bridgehead atoms. The molecule has 1 aromatic heterocycles. The number of benzene rings is 1. The van der Waals surface area contributed by atoms with E-state index in [-0.39, 0.29) is 35.9 Å². The number of aliphatic imine (C=N–C) groups is 1. The Morgan fingerprint density at radius 2 is 2.07 bits per heavy atom. The zero-order valence-electron chi connectivity index (χ0n) is 17.6. The molecule has 30 heavy (non-hydrogen) atoms. The largest absolute Gasteiger partial charge is 0.489 e. The second-order valence-electron chi connectivity index (χ2n) is 7.20. The predicted octanol–water partition coefficient (Wildman–Crippen LogP) is 3.83. The SMILES string of the molecule is CCNC(=NCC(C)Oc1cccc(F)c1)NC1CCN(c2ccccn2)CC1.I. The summed E-state index contributed by atoms with van der Waals surface area (Å²) in [5, 5.41) is 6.83. The maximum atomic E-state index is 13.3. The summed E-state index contributed by atoms with van der Waals surface area (Å²) in [6.07, 6.45) is 3.73. The minimum atomic E-state index is -0.301. The van der Waals surface area contributed by atoms with Crippen LogP contribution in [0, 0.1) is 5.82 Å². The number of nitrogens with one attached hydrogen (secondary N) is 2. The van der Waals surface area contributed by atoms with E-state index in [0.29, 0.717) is 18.3 Å². The Balaban J connectivity index is 0.00000320. The van der Waals surface area contributed by atoms with Gasteiger partial charge in [0.2, 0.25) is 0 Å². The van der Waals surface area contributed by atoms with E-state index >= 15 is 0 Å². The monoisotopic (exact) mass is 527 g/mol. The van der Waals surface area contributed by atoms with Crippen LogP contribution in [0.15, 0.2) is 53.7 Å². The van der Waals surface area contributed by atoms with Gasteiger partial charge in [-0.15, -0.1) is 24.0 Å². The smallest absolute Gasteiger partial charge is 0.191 e. The molecule has 8 heteroatoms. The van der Waals surface area contributed by atoms with Gasteiger partial charge in [0, 0.05) is 37.9 Å². The minimum Gasteiger partial charge on any atom is -0.489 e. The summed E-state index contributed by atoms with van der Waals surface area (Å²) in [5.74, 6) is 2.05. The van der Waals surface area contributed by atoms with Crippen molar-refractivity contribution in [2.75, 3.05) is 31.1 Å². The van der Waals surface area contributed by atoms with Gasteiger partial charge in [0.15, 0.2) is 5.96 Å². The first-order valence-electron chi connectivity index (χ1n) is 10.3. The Hall–Kier alpha value is -2.10. The van der Waals surface area contributed by atoms with Crippen LogP contribution >= 0.6 is 24.0 Å². The molecular weight excluding hydrogens is 496 g/mol. The van der Waals surface area contributed by atoms with Gasteiger partial charge >= 0.3 is 0 Å². The molecule has 2 aromatic rings. The molecule has 6 nitrogen and oxygen atoms in total. The second kappa shape index (κ2) is 12.6. The van der Waals surface area contributed by atoms with Gasteiger partial charge in [-0.1, -0.05) is 12.1 Å². The Kier molecular flexibility index (Phi) is 10.1. The van der Waals surface area contributed by atoms with Crippen molar-refractivity contribution in [2.24, 2.45) is 4.99 Å². The summed E-state index contributed by atoms with van der Waals surface area (Å²) in [7, 11) is 0. The number of hydrogen-bond donors (Lipinski definition) is 2. The highest BCUT2D eigenvalue weighted by molar-refractivity contribution is 14.0. The first-order valence-corrected chi connectivity index (χ1v) is 10.3. The fourth-order valence-electron chi connectivity index (χ4n) is 3.34. The number of ether oxygens (including phenoxy) is 1. The number of hydrogen-bond acceptors (Lipinski definition) is 4. The van der Waals surface area contributed by atoms with E-state index in [1.54, 1.807) is 12.1 Å². The number of guanidine groups is 1. The molecule has 0 spiro atoms. The lowest BCUT2D eigenvalue weighted by Gasteiger charge is -2.33. The molecule has 1 aliphatic rings. The molecule has 0 saturated carbocycles. The maximum absolute atomic E-state index is 13.3. The fourth-order valence-corrected chi connectivity index (χ4v) is 3.34. The quantitative estimate of drug-likeness (QED) is 0.326. The molecule has 1 saturated heterocycles. The summed E-state index contributed by atoms with van der Waals surface area (Å²) < 4.78 is 19.1. The molecule has 1 aromatic carbocycles. The molecule has 1 unspecified atom stereocenters. The molecule has 0 aliphatic carbocycles. The highest BCUT2D eigenvalue weighted by Gasteiger charge is 2.20. The van der Waals surface area contributed by atoms with E-state index in [9.17, 15) is 4.39 Å². The van der Waals surface area contributed by atoms with Crippen LogP contribution in [0.5, 0.6) is 5.75 Å². The lowest BCUT2D eigenvalue weighted by molar-refractivity contribution is 0.229. The van der Waals surface area contributed by atoms with Crippen LogP contribution in [0.2, 0.25) is 0 Å². The average Bonchev–Trinajstić information content (AvgIpc) is 2.73. The van der Waals surface area contributed by atoms with Crippen LogP contribution in [0.4, 0.5) is 10.2 Å². The number of halogens is 2. The third-order valence-electron chi connectivity index (χ3n) is 4.79. The maximum Gasteiger partial charge on any atom is 0.191 e. The average molecular weight is 527 g/mol. The Morgan fingerprint density at radius 3 is 2.73 bits per heavy atom. The third-order valence-corrected chi connectivity index (χ3v) is 4.79. The van der Waals surface area contributed by atoms with Crippen molar-refractivity contribution in [3.63, 3.8) is 0 Å². The third kappa shape index (κ3) is 7.62. The molecule has 1 atom stereocenters. The van der Waals surface area contributed by atoms with Crippen LogP contribution in [0.1, 0.15) is 26.7 Å². The normalized spacial score (nSPS) is 15.8. The number of pyridine rings is 1. The van der Waals surface area contributed by atoms with E-state index in [0.717, 1.165) is 44.3 Å². The highest BCUT2D eigenvalue weighted by Crippen LogP contribution is 2.17. The van der Waals surface area contributed by atoms with Crippen LogP contribution in [0.3, 0.4) is 0 Å². The van der Waals surface area contributed by atoms with Gasteiger partial charge in [-0.3, -0.25) is 0 Å². The summed E-state index contributed by atoms with van der Waals surface area (Å²) in [6.45, 7) is 7.19. The first kappa shape index (κ1) is 24.2. The van der Waals surface area contributed by atoms with Crippen LogP contribution < -0.4 is 20.3 Å². The van der Waals surface area contributed by atoms with Gasteiger partial charge in [-0.25, -0.2) is 14.4 Å². The lowest BCUT2D eigenvalue weighted by atomic mass is 10.1. The van der Waals surface area contributed by atoms with Gasteiger partial charge in [0.25, 0.3) is 0 Å². The molecule has 164 valence electrons. The minimum absolute atomic E-state index is 0. The lowest BCUT2D eigenvalue weighted by Crippen LogP contribution is -2.49. The molecule has 0 radical (unpaired) electrons. The molecule has 0 amide bonds. The zero-order valence-corrected chi connectivity index (χ0v) is 19.9. The van der Waals surface area contributed by atoms with E-state index in [1.165, 1.54) is 12.1 Å². The number of anilines is 1. The standard InChI is InChI=1S/C22H30FN5O.HI/c1-3-24-22(26-16-17(2)29-20-8-6-7-18(23)15-20)27-19-10-13-28(14-11-19)21-9-4-5-12-25-21;/h4-9,12,15,17,19H,3,10-11,13-14,16H2,1-2H3,(H2,24,26,27);1H. The van der Waals surface area contributed by atoms with Gasteiger partial charge in [0.1, 0.15) is 23.5 Å². The summed E-state index contributed by atoms with van der Waals surface area (Å²) in [4.78, 5) is 11.4. The molecule has 2 N–H and O–H groups in total. The van der Waals surface area contributed by atoms with Crippen molar-refractivity contribution < 1.29 is 9.13 Å². The van der Waals surface area contributed by atoms with Gasteiger partial charge in [-0.05, 0) is 51.0 Å². The van der Waals surface area contributed by atoms with Gasteiger partial charge < -0.3 is 20.3 Å². The van der Waals surface area contributed by atoms with E-state index in [2.05, 4.69) is 31.6 Å². The molecule has 2 heterocycles. The highest BCUT2D eigenvalue weighted by atomic mass is 127. The van der Waals surface area contributed by atoms with Crippen molar-refractivity contribution in [3.05, 3.63) is 54.5 Å². The molecule has 3 rings (SSSR count). The van der Waals surface area contributed by atoms with E-state index < -0.39 is 0 Å². The zero-order chi connectivity index (χ0) is 20.5. The fraction of sp³-hybridized carbons (Fsp3) is 0.455. The molecule has 1 fully saturated rings. The number of aromatic nitrogens is 1. The van der Waals surface area contributed by atoms with Crippen molar-refractivity contribution in [1.82, 2.24) is 15.6 Å². The summed E-state index contributed by atoms with van der Waals surface area (Å²) >= 11 is 0. The van der Waals surface area contributed by atoms with Crippen molar-refractivity contribution in [1.29, 1.82) is 0 Å². The Morgan fingerprint density at radius 1 is 1.27 bits per heavy atom.